The summed E-state index contributed by atoms with van der Waals surface area (Å²) in [6.07, 6.45) is 4.28. The van der Waals surface area contributed by atoms with Crippen LogP contribution >= 0.6 is 0 Å². The van der Waals surface area contributed by atoms with Gasteiger partial charge < -0.3 is 24.5 Å². The molecule has 8 heteroatoms. The van der Waals surface area contributed by atoms with Gasteiger partial charge in [-0.05, 0) is 56.9 Å². The number of imidazole rings is 1. The van der Waals surface area contributed by atoms with Gasteiger partial charge in [-0.3, -0.25) is 9.20 Å². The number of ether oxygens (including phenoxy) is 1. The zero-order chi connectivity index (χ0) is 22.7. The maximum Gasteiger partial charge on any atom is 0.253 e. The number of carbonyl (C=O) groups is 1. The summed E-state index contributed by atoms with van der Waals surface area (Å²) in [6.45, 7) is 2.86. The molecular weight excluding hydrogens is 406 g/mol. The molecule has 1 aliphatic rings. The number of anilines is 1. The number of nitrogens with zero attached hydrogens (tertiary/aromatic N) is 5. The summed E-state index contributed by atoms with van der Waals surface area (Å²) in [5.74, 6) is 1.62. The number of hydrogen-bond acceptors (Lipinski definition) is 6. The minimum atomic E-state index is -0.970. The largest absolute Gasteiger partial charge is 0.492 e. The molecule has 0 radical (unpaired) electrons. The first-order chi connectivity index (χ1) is 15.3. The molecule has 0 spiro atoms. The molecule has 3 aromatic rings. The molecule has 170 valence electrons. The third-order valence-corrected chi connectivity index (χ3v) is 5.85. The van der Waals surface area contributed by atoms with Crippen molar-refractivity contribution in [1.29, 1.82) is 0 Å². The van der Waals surface area contributed by atoms with Crippen molar-refractivity contribution in [2.75, 3.05) is 58.8 Å². The van der Waals surface area contributed by atoms with Crippen molar-refractivity contribution >= 4 is 17.4 Å². The Morgan fingerprint density at radius 3 is 2.72 bits per heavy atom. The highest BCUT2D eigenvalue weighted by Gasteiger charge is 2.38. The second kappa shape index (κ2) is 9.18. The van der Waals surface area contributed by atoms with Gasteiger partial charge in [0, 0.05) is 44.6 Å². The topological polar surface area (TPSA) is 73.6 Å². The first kappa shape index (κ1) is 22.1. The molecule has 0 aliphatic carbocycles. The van der Waals surface area contributed by atoms with Gasteiger partial charge in [0.2, 0.25) is 0 Å². The lowest BCUT2D eigenvalue weighted by Gasteiger charge is -2.29. The van der Waals surface area contributed by atoms with Gasteiger partial charge in [0.1, 0.15) is 29.4 Å². The summed E-state index contributed by atoms with van der Waals surface area (Å²) in [5, 5.41) is 11.2. The van der Waals surface area contributed by atoms with E-state index in [1.165, 1.54) is 0 Å². The van der Waals surface area contributed by atoms with Crippen LogP contribution in [0.3, 0.4) is 0 Å². The number of rotatable bonds is 8. The molecule has 1 aromatic carbocycles. The Kier molecular flexibility index (Phi) is 6.34. The Bertz CT molecular complexity index is 1060. The van der Waals surface area contributed by atoms with Crippen molar-refractivity contribution in [3.63, 3.8) is 0 Å². The first-order valence-corrected chi connectivity index (χ1v) is 10.9. The second-order valence-electron chi connectivity index (χ2n) is 8.77. The Morgan fingerprint density at radius 2 is 1.97 bits per heavy atom. The van der Waals surface area contributed by atoms with E-state index in [0.29, 0.717) is 25.1 Å². The third-order valence-electron chi connectivity index (χ3n) is 5.85. The fourth-order valence-electron chi connectivity index (χ4n) is 4.14. The molecule has 4 rings (SSSR count). The predicted octanol–water partition coefficient (Wildman–Crippen LogP) is 1.99. The van der Waals surface area contributed by atoms with Gasteiger partial charge in [-0.1, -0.05) is 6.07 Å². The lowest BCUT2D eigenvalue weighted by molar-refractivity contribution is 0.0264. The number of hydrogen-bond donors (Lipinski definition) is 1. The molecule has 2 aromatic heterocycles. The van der Waals surface area contributed by atoms with Crippen LogP contribution in [0.4, 0.5) is 5.82 Å². The summed E-state index contributed by atoms with van der Waals surface area (Å²) in [6, 6.07) is 13.1. The minimum absolute atomic E-state index is 0.117. The van der Waals surface area contributed by atoms with E-state index < -0.39 is 5.60 Å². The normalized spacial score (nSPS) is 18.5. The number of fused-ring (bicyclic) bond motifs is 1. The van der Waals surface area contributed by atoms with Crippen LogP contribution in [0.1, 0.15) is 16.8 Å². The van der Waals surface area contributed by atoms with Crippen molar-refractivity contribution in [1.82, 2.24) is 19.2 Å². The first-order valence-electron chi connectivity index (χ1n) is 10.9. The van der Waals surface area contributed by atoms with Crippen molar-refractivity contribution in [2.24, 2.45) is 0 Å². The van der Waals surface area contributed by atoms with Crippen LogP contribution in [0.5, 0.6) is 5.75 Å². The van der Waals surface area contributed by atoms with E-state index in [2.05, 4.69) is 14.8 Å². The number of β-amino-alcohol motifs (C(OH)–C–C–N with tert-alkyl or cyclic N) is 1. The van der Waals surface area contributed by atoms with Gasteiger partial charge in [-0.15, -0.1) is 0 Å². The van der Waals surface area contributed by atoms with E-state index >= 15 is 0 Å². The van der Waals surface area contributed by atoms with Crippen LogP contribution in [0.25, 0.3) is 5.65 Å². The maximum absolute atomic E-state index is 12.9. The average Bonchev–Trinajstić information content (AvgIpc) is 3.40. The average molecular weight is 438 g/mol. The van der Waals surface area contributed by atoms with Crippen molar-refractivity contribution in [3.8, 4) is 5.75 Å². The van der Waals surface area contributed by atoms with E-state index in [1.807, 2.05) is 55.0 Å². The fraction of sp³-hybridized carbons (Fsp3) is 0.417. The number of amides is 1. The van der Waals surface area contributed by atoms with Gasteiger partial charge in [0.05, 0.1) is 6.54 Å². The SMILES string of the molecule is CN(C)CCOc1ccc(C(=O)N(C)C[C@@]2(O)CCN(c3cccc4nccn34)C2)cc1. The quantitative estimate of drug-likeness (QED) is 0.581. The van der Waals surface area contributed by atoms with Crippen LogP contribution in [-0.4, -0.2) is 89.7 Å². The van der Waals surface area contributed by atoms with Crippen molar-refractivity contribution in [2.45, 2.75) is 12.0 Å². The van der Waals surface area contributed by atoms with Crippen LogP contribution < -0.4 is 9.64 Å². The van der Waals surface area contributed by atoms with Gasteiger partial charge in [0.15, 0.2) is 0 Å². The maximum atomic E-state index is 12.9. The molecule has 1 saturated heterocycles. The molecule has 1 aliphatic heterocycles. The monoisotopic (exact) mass is 437 g/mol. The standard InChI is InChI=1S/C24H31N5O3/c1-26(2)15-16-32-20-9-7-19(8-10-20)23(30)27(3)17-24(31)11-13-28(18-24)22-6-4-5-21-25-12-14-29(21)22/h4-10,12,14,31H,11,13,15-18H2,1-3H3/t24-/m0/s1. The molecule has 32 heavy (non-hydrogen) atoms. The van der Waals surface area contributed by atoms with Gasteiger partial charge in [-0.25, -0.2) is 4.98 Å². The number of benzene rings is 1. The van der Waals surface area contributed by atoms with E-state index in [1.54, 1.807) is 30.3 Å². The highest BCUT2D eigenvalue weighted by molar-refractivity contribution is 5.94. The Morgan fingerprint density at radius 1 is 1.19 bits per heavy atom. The zero-order valence-electron chi connectivity index (χ0n) is 18.9. The highest BCUT2D eigenvalue weighted by atomic mass is 16.5. The Labute approximate surface area is 188 Å². The van der Waals surface area contributed by atoms with E-state index in [9.17, 15) is 9.90 Å². The zero-order valence-corrected chi connectivity index (χ0v) is 18.9. The lowest BCUT2D eigenvalue weighted by Crippen LogP contribution is -2.46. The van der Waals surface area contributed by atoms with Gasteiger partial charge in [0.25, 0.3) is 5.91 Å². The van der Waals surface area contributed by atoms with Gasteiger partial charge >= 0.3 is 0 Å². The third kappa shape index (κ3) is 4.87. The Balaban J connectivity index is 1.36. The smallest absolute Gasteiger partial charge is 0.253 e. The summed E-state index contributed by atoms with van der Waals surface area (Å²) >= 11 is 0. The molecule has 3 heterocycles. The predicted molar refractivity (Wildman–Crippen MR) is 124 cm³/mol. The van der Waals surface area contributed by atoms with Crippen LogP contribution in [-0.2, 0) is 0 Å². The molecule has 0 unspecified atom stereocenters. The van der Waals surface area contributed by atoms with E-state index in [4.69, 9.17) is 4.74 Å². The number of aromatic nitrogens is 2. The molecule has 1 N–H and O–H groups in total. The van der Waals surface area contributed by atoms with Crippen molar-refractivity contribution < 1.29 is 14.6 Å². The molecule has 1 atom stereocenters. The summed E-state index contributed by atoms with van der Waals surface area (Å²) in [5.41, 5.74) is 0.482. The highest BCUT2D eigenvalue weighted by Crippen LogP contribution is 2.28. The summed E-state index contributed by atoms with van der Waals surface area (Å²) in [7, 11) is 5.73. The lowest BCUT2D eigenvalue weighted by atomic mass is 10.0. The molecule has 1 fully saturated rings. The number of carbonyl (C=O) groups excluding carboxylic acids is 1. The number of likely N-dealkylation sites (N-methyl/N-ethyl adjacent to an activating group) is 2. The summed E-state index contributed by atoms with van der Waals surface area (Å²) < 4.78 is 7.71. The summed E-state index contributed by atoms with van der Waals surface area (Å²) in [4.78, 5) is 23.1. The van der Waals surface area contributed by atoms with Crippen molar-refractivity contribution in [3.05, 3.63) is 60.4 Å². The number of aliphatic hydroxyl groups is 1. The minimum Gasteiger partial charge on any atom is -0.492 e. The molecule has 8 nitrogen and oxygen atoms in total. The van der Waals surface area contributed by atoms with Gasteiger partial charge in [-0.2, -0.15) is 0 Å². The molecular formula is C24H31N5O3. The molecule has 1 amide bonds. The fourth-order valence-corrected chi connectivity index (χ4v) is 4.14. The molecule has 0 saturated carbocycles. The van der Waals surface area contributed by atoms with E-state index in [-0.39, 0.29) is 12.5 Å². The van der Waals surface area contributed by atoms with Crippen LogP contribution in [0.15, 0.2) is 54.9 Å². The molecule has 0 bridgehead atoms. The Hall–Kier alpha value is -3.10. The van der Waals surface area contributed by atoms with Crippen LogP contribution in [0.2, 0.25) is 0 Å². The van der Waals surface area contributed by atoms with Crippen LogP contribution in [0, 0.1) is 0 Å². The number of pyridine rings is 1. The van der Waals surface area contributed by atoms with E-state index in [0.717, 1.165) is 30.3 Å². The second-order valence-corrected chi connectivity index (χ2v) is 8.77.